The molecule has 0 unspecified atom stereocenters. The highest BCUT2D eigenvalue weighted by Gasteiger charge is 2.29. The second kappa shape index (κ2) is 6.24. The molecule has 0 bridgehead atoms. The monoisotopic (exact) mass is 418 g/mol. The standard InChI is InChI=1S/C13H12Br2N2O2S/c1-2-3-17-12(19)10(16-13(17)20)6-7-4-8(14)11(18)9(15)5-7/h4-6,18H,2-3H2,1H3,(H,16,20)/b10-6-. The smallest absolute Gasteiger partial charge is 0.276 e. The van der Waals surface area contributed by atoms with Crippen LogP contribution in [0.2, 0.25) is 0 Å². The molecule has 1 heterocycles. The first-order valence-corrected chi connectivity index (χ1v) is 7.96. The summed E-state index contributed by atoms with van der Waals surface area (Å²) in [6.45, 7) is 2.59. The highest BCUT2D eigenvalue weighted by atomic mass is 79.9. The van der Waals surface area contributed by atoms with E-state index in [0.29, 0.717) is 26.3 Å². The third kappa shape index (κ3) is 3.05. The third-order valence-electron chi connectivity index (χ3n) is 2.76. The number of nitrogens with one attached hydrogen (secondary N) is 1. The Bertz CT molecular complexity index is 593. The summed E-state index contributed by atoms with van der Waals surface area (Å²) < 4.78 is 1.11. The van der Waals surface area contributed by atoms with Gasteiger partial charge in [0.1, 0.15) is 11.4 Å². The van der Waals surface area contributed by atoms with Crippen molar-refractivity contribution in [3.8, 4) is 5.75 Å². The zero-order valence-corrected chi connectivity index (χ0v) is 14.6. The van der Waals surface area contributed by atoms with E-state index in [1.54, 1.807) is 23.1 Å². The van der Waals surface area contributed by atoms with Crippen molar-refractivity contribution in [2.24, 2.45) is 0 Å². The minimum absolute atomic E-state index is 0.126. The van der Waals surface area contributed by atoms with Crippen molar-refractivity contribution >= 4 is 61.2 Å². The van der Waals surface area contributed by atoms with Gasteiger partial charge in [0.2, 0.25) is 0 Å². The van der Waals surface area contributed by atoms with E-state index in [0.717, 1.165) is 12.0 Å². The molecular formula is C13H12Br2N2O2S. The number of hydrogen-bond donors (Lipinski definition) is 2. The SMILES string of the molecule is CCCN1C(=O)/C(=C/c2cc(Br)c(O)c(Br)c2)NC1=S. The highest BCUT2D eigenvalue weighted by Crippen LogP contribution is 2.34. The van der Waals surface area contributed by atoms with Crippen molar-refractivity contribution in [1.29, 1.82) is 0 Å². The molecule has 2 N–H and O–H groups in total. The molecule has 106 valence electrons. The number of carbonyl (C=O) groups excluding carboxylic acids is 1. The molecule has 0 saturated carbocycles. The van der Waals surface area contributed by atoms with Crippen LogP contribution < -0.4 is 5.32 Å². The maximum Gasteiger partial charge on any atom is 0.276 e. The molecule has 1 saturated heterocycles. The van der Waals surface area contributed by atoms with E-state index >= 15 is 0 Å². The molecule has 0 spiro atoms. The fourth-order valence-electron chi connectivity index (χ4n) is 1.83. The van der Waals surface area contributed by atoms with Crippen LogP contribution in [0.3, 0.4) is 0 Å². The van der Waals surface area contributed by atoms with E-state index in [1.807, 2.05) is 6.92 Å². The van der Waals surface area contributed by atoms with Crippen LogP contribution in [-0.2, 0) is 4.79 Å². The van der Waals surface area contributed by atoms with Gasteiger partial charge in [0.25, 0.3) is 5.91 Å². The van der Waals surface area contributed by atoms with Gasteiger partial charge in [-0.2, -0.15) is 0 Å². The van der Waals surface area contributed by atoms with Gasteiger partial charge in [0.15, 0.2) is 5.11 Å². The van der Waals surface area contributed by atoms with Crippen LogP contribution in [0, 0.1) is 0 Å². The average molecular weight is 420 g/mol. The number of aromatic hydroxyl groups is 1. The number of hydrogen-bond acceptors (Lipinski definition) is 3. The summed E-state index contributed by atoms with van der Waals surface area (Å²) in [5.41, 5.74) is 1.21. The molecule has 1 aromatic rings. The van der Waals surface area contributed by atoms with Gasteiger partial charge < -0.3 is 10.4 Å². The van der Waals surface area contributed by atoms with E-state index in [4.69, 9.17) is 12.2 Å². The van der Waals surface area contributed by atoms with Crippen molar-refractivity contribution in [1.82, 2.24) is 10.2 Å². The summed E-state index contributed by atoms with van der Waals surface area (Å²) >= 11 is 11.7. The second-order valence-corrected chi connectivity index (χ2v) is 6.37. The predicted octanol–water partition coefficient (Wildman–Crippen LogP) is 3.38. The van der Waals surface area contributed by atoms with Gasteiger partial charge in [-0.05, 0) is 74.3 Å². The summed E-state index contributed by atoms with van der Waals surface area (Å²) in [5.74, 6) is -0.00171. The molecule has 1 aliphatic rings. The number of benzene rings is 1. The molecule has 0 radical (unpaired) electrons. The van der Waals surface area contributed by atoms with E-state index < -0.39 is 0 Å². The highest BCUT2D eigenvalue weighted by molar-refractivity contribution is 9.11. The number of carbonyl (C=O) groups is 1. The normalized spacial score (nSPS) is 16.9. The van der Waals surface area contributed by atoms with Crippen molar-refractivity contribution in [2.45, 2.75) is 13.3 Å². The summed E-state index contributed by atoms with van der Waals surface area (Å²) in [4.78, 5) is 13.7. The molecule has 1 aromatic carbocycles. The first-order valence-electron chi connectivity index (χ1n) is 5.96. The van der Waals surface area contributed by atoms with Crippen LogP contribution in [-0.4, -0.2) is 27.6 Å². The van der Waals surface area contributed by atoms with E-state index in [9.17, 15) is 9.90 Å². The van der Waals surface area contributed by atoms with Crippen LogP contribution >= 0.6 is 44.1 Å². The quantitative estimate of drug-likeness (QED) is 0.582. The fourth-order valence-corrected chi connectivity index (χ4v) is 3.34. The molecule has 1 fully saturated rings. The molecule has 4 nitrogen and oxygen atoms in total. The Balaban J connectivity index is 2.33. The minimum Gasteiger partial charge on any atom is -0.506 e. The van der Waals surface area contributed by atoms with Gasteiger partial charge >= 0.3 is 0 Å². The Morgan fingerprint density at radius 2 is 2.00 bits per heavy atom. The number of phenolic OH excluding ortho intramolecular Hbond substituents is 1. The Hall–Kier alpha value is -0.920. The van der Waals surface area contributed by atoms with E-state index in [2.05, 4.69) is 37.2 Å². The first kappa shape index (κ1) is 15.5. The van der Waals surface area contributed by atoms with Crippen molar-refractivity contribution in [3.63, 3.8) is 0 Å². The average Bonchev–Trinajstić information content (AvgIpc) is 2.64. The molecule has 7 heteroatoms. The Morgan fingerprint density at radius 3 is 2.55 bits per heavy atom. The van der Waals surface area contributed by atoms with Crippen LogP contribution in [0.4, 0.5) is 0 Å². The van der Waals surface area contributed by atoms with Gasteiger partial charge in [0.05, 0.1) is 8.95 Å². The fraction of sp³-hybridized carbons (Fsp3) is 0.231. The third-order valence-corrected chi connectivity index (χ3v) is 4.29. The van der Waals surface area contributed by atoms with Crippen LogP contribution in [0.5, 0.6) is 5.75 Å². The molecule has 0 aliphatic carbocycles. The Morgan fingerprint density at radius 1 is 1.40 bits per heavy atom. The van der Waals surface area contributed by atoms with E-state index in [1.165, 1.54) is 0 Å². The van der Waals surface area contributed by atoms with Gasteiger partial charge in [-0.15, -0.1) is 0 Å². The lowest BCUT2D eigenvalue weighted by molar-refractivity contribution is -0.122. The molecule has 1 aliphatic heterocycles. The number of amides is 1. The minimum atomic E-state index is -0.128. The summed E-state index contributed by atoms with van der Waals surface area (Å²) in [7, 11) is 0. The van der Waals surface area contributed by atoms with Gasteiger partial charge in [-0.25, -0.2) is 0 Å². The summed E-state index contributed by atoms with van der Waals surface area (Å²) in [6, 6.07) is 3.46. The number of nitrogens with zero attached hydrogens (tertiary/aromatic N) is 1. The van der Waals surface area contributed by atoms with Gasteiger partial charge in [-0.1, -0.05) is 6.92 Å². The summed E-state index contributed by atoms with van der Waals surface area (Å²) in [5, 5.41) is 13.0. The zero-order valence-electron chi connectivity index (χ0n) is 10.6. The number of phenols is 1. The van der Waals surface area contributed by atoms with Crippen LogP contribution in [0.1, 0.15) is 18.9 Å². The Kier molecular flexibility index (Phi) is 4.82. The first-order chi connectivity index (χ1) is 9.43. The lowest BCUT2D eigenvalue weighted by Crippen LogP contribution is -2.31. The largest absolute Gasteiger partial charge is 0.506 e. The van der Waals surface area contributed by atoms with Crippen molar-refractivity contribution < 1.29 is 9.90 Å². The molecular weight excluding hydrogens is 408 g/mol. The number of thiocarbonyl (C=S) groups is 1. The zero-order chi connectivity index (χ0) is 14.9. The Labute approximate surface area is 139 Å². The lowest BCUT2D eigenvalue weighted by Gasteiger charge is -2.11. The van der Waals surface area contributed by atoms with Crippen LogP contribution in [0.15, 0.2) is 26.8 Å². The second-order valence-electron chi connectivity index (χ2n) is 4.28. The lowest BCUT2D eigenvalue weighted by atomic mass is 10.2. The van der Waals surface area contributed by atoms with Gasteiger partial charge in [-0.3, -0.25) is 9.69 Å². The predicted molar refractivity (Wildman–Crippen MR) is 89.2 cm³/mol. The maximum atomic E-state index is 12.2. The summed E-state index contributed by atoms with van der Waals surface area (Å²) in [6.07, 6.45) is 2.55. The molecule has 0 atom stereocenters. The van der Waals surface area contributed by atoms with Crippen LogP contribution in [0.25, 0.3) is 6.08 Å². The van der Waals surface area contributed by atoms with Gasteiger partial charge in [0, 0.05) is 6.54 Å². The van der Waals surface area contributed by atoms with Crippen molar-refractivity contribution in [2.75, 3.05) is 6.54 Å². The van der Waals surface area contributed by atoms with E-state index in [-0.39, 0.29) is 11.7 Å². The number of rotatable bonds is 3. The molecule has 20 heavy (non-hydrogen) atoms. The molecule has 2 rings (SSSR count). The number of halogens is 2. The molecule has 0 aromatic heterocycles. The topological polar surface area (TPSA) is 52.6 Å². The molecule has 1 amide bonds. The maximum absolute atomic E-state index is 12.2. The van der Waals surface area contributed by atoms with Crippen molar-refractivity contribution in [3.05, 3.63) is 32.3 Å².